The summed E-state index contributed by atoms with van der Waals surface area (Å²) in [4.78, 5) is 15.0. The van der Waals surface area contributed by atoms with E-state index < -0.39 is 0 Å². The topological polar surface area (TPSA) is 94.1 Å². The Hall–Kier alpha value is -2.77. The SMILES string of the molecule is CCCN1C(=O)C2NNC(c3ccccc3O)C2C1c1ccc(O)c(OC)c1. The summed E-state index contributed by atoms with van der Waals surface area (Å²) in [6, 6.07) is 11.6. The van der Waals surface area contributed by atoms with Gasteiger partial charge in [-0.3, -0.25) is 4.79 Å². The molecule has 1 amide bonds. The molecule has 0 radical (unpaired) electrons. The Bertz CT molecular complexity index is 888. The number of nitrogens with zero attached hydrogens (tertiary/aromatic N) is 1. The minimum Gasteiger partial charge on any atom is -0.508 e. The molecule has 2 aliphatic heterocycles. The smallest absolute Gasteiger partial charge is 0.242 e. The highest BCUT2D eigenvalue weighted by atomic mass is 16.5. The second-order valence-electron chi connectivity index (χ2n) is 7.29. The average Bonchev–Trinajstić information content (AvgIpc) is 3.23. The molecule has 7 heteroatoms. The summed E-state index contributed by atoms with van der Waals surface area (Å²) in [5, 5.41) is 20.4. The third-order valence-electron chi connectivity index (χ3n) is 5.70. The fraction of sp³-hybridized carbons (Fsp3) is 0.381. The van der Waals surface area contributed by atoms with Crippen molar-refractivity contribution in [3.63, 3.8) is 0 Å². The van der Waals surface area contributed by atoms with Crippen molar-refractivity contribution in [1.29, 1.82) is 0 Å². The van der Waals surface area contributed by atoms with Crippen LogP contribution in [-0.4, -0.2) is 40.7 Å². The molecule has 7 nitrogen and oxygen atoms in total. The number of benzene rings is 2. The summed E-state index contributed by atoms with van der Waals surface area (Å²) in [6.07, 6.45) is 0.839. The zero-order valence-corrected chi connectivity index (χ0v) is 15.9. The number of aromatic hydroxyl groups is 2. The molecule has 28 heavy (non-hydrogen) atoms. The lowest BCUT2D eigenvalue weighted by molar-refractivity contribution is -0.130. The Kier molecular flexibility index (Phi) is 4.87. The molecule has 2 saturated heterocycles. The van der Waals surface area contributed by atoms with Gasteiger partial charge in [-0.05, 0) is 30.2 Å². The molecule has 0 aromatic heterocycles. The summed E-state index contributed by atoms with van der Waals surface area (Å²) in [5.74, 6) is 0.554. The van der Waals surface area contributed by atoms with E-state index in [0.717, 1.165) is 17.5 Å². The van der Waals surface area contributed by atoms with Gasteiger partial charge in [-0.15, -0.1) is 0 Å². The lowest BCUT2D eigenvalue weighted by Crippen LogP contribution is -2.41. The van der Waals surface area contributed by atoms with Gasteiger partial charge in [0.15, 0.2) is 11.5 Å². The van der Waals surface area contributed by atoms with Crippen LogP contribution in [0.1, 0.15) is 36.6 Å². The van der Waals surface area contributed by atoms with Gasteiger partial charge in [0.1, 0.15) is 11.8 Å². The van der Waals surface area contributed by atoms with Crippen molar-refractivity contribution >= 4 is 5.91 Å². The number of ether oxygens (including phenoxy) is 1. The molecule has 2 heterocycles. The Balaban J connectivity index is 1.80. The molecular formula is C21H25N3O4. The summed E-state index contributed by atoms with van der Waals surface area (Å²) < 4.78 is 5.28. The van der Waals surface area contributed by atoms with Crippen molar-refractivity contribution < 1.29 is 19.7 Å². The van der Waals surface area contributed by atoms with Crippen LogP contribution in [-0.2, 0) is 4.79 Å². The number of phenols is 2. The first-order chi connectivity index (χ1) is 13.6. The van der Waals surface area contributed by atoms with E-state index in [0.29, 0.717) is 12.3 Å². The van der Waals surface area contributed by atoms with E-state index in [1.54, 1.807) is 24.3 Å². The third kappa shape index (κ3) is 2.87. The number of hydrogen-bond acceptors (Lipinski definition) is 6. The predicted octanol–water partition coefficient (Wildman–Crippen LogP) is 2.23. The van der Waals surface area contributed by atoms with Crippen LogP contribution >= 0.6 is 0 Å². The maximum absolute atomic E-state index is 13.1. The molecule has 148 valence electrons. The van der Waals surface area contributed by atoms with Crippen LogP contribution in [0.3, 0.4) is 0 Å². The van der Waals surface area contributed by atoms with Crippen molar-refractivity contribution in [2.24, 2.45) is 5.92 Å². The summed E-state index contributed by atoms with van der Waals surface area (Å²) in [5.41, 5.74) is 8.00. The monoisotopic (exact) mass is 383 g/mol. The molecular weight excluding hydrogens is 358 g/mol. The Morgan fingerprint density at radius 1 is 1.07 bits per heavy atom. The van der Waals surface area contributed by atoms with Crippen LogP contribution in [0.15, 0.2) is 42.5 Å². The number of methoxy groups -OCH3 is 1. The van der Waals surface area contributed by atoms with Gasteiger partial charge in [-0.2, -0.15) is 0 Å². The van der Waals surface area contributed by atoms with Crippen molar-refractivity contribution in [1.82, 2.24) is 15.8 Å². The second kappa shape index (κ2) is 7.33. The van der Waals surface area contributed by atoms with Gasteiger partial charge in [-0.1, -0.05) is 31.2 Å². The van der Waals surface area contributed by atoms with E-state index in [2.05, 4.69) is 10.9 Å². The Labute approximate surface area is 163 Å². The molecule has 4 unspecified atom stereocenters. The largest absolute Gasteiger partial charge is 0.508 e. The lowest BCUT2D eigenvalue weighted by atomic mass is 9.83. The minimum absolute atomic E-state index is 0.0364. The summed E-state index contributed by atoms with van der Waals surface area (Å²) in [7, 11) is 1.51. The quantitative estimate of drug-likeness (QED) is 0.633. The predicted molar refractivity (Wildman–Crippen MR) is 104 cm³/mol. The number of likely N-dealkylation sites (tertiary alicyclic amines) is 1. The number of phenolic OH excluding ortho intramolecular Hbond substituents is 2. The maximum atomic E-state index is 13.1. The van der Waals surface area contributed by atoms with Crippen LogP contribution in [0.2, 0.25) is 0 Å². The molecule has 0 aliphatic carbocycles. The highest BCUT2D eigenvalue weighted by Gasteiger charge is 2.55. The first-order valence-corrected chi connectivity index (χ1v) is 9.53. The van der Waals surface area contributed by atoms with E-state index in [4.69, 9.17) is 4.74 Å². The third-order valence-corrected chi connectivity index (χ3v) is 5.70. The van der Waals surface area contributed by atoms with E-state index in [-0.39, 0.29) is 41.4 Å². The maximum Gasteiger partial charge on any atom is 0.242 e. The molecule has 4 N–H and O–H groups in total. The fourth-order valence-electron chi connectivity index (χ4n) is 4.49. The van der Waals surface area contributed by atoms with Gasteiger partial charge < -0.3 is 19.8 Å². The number of amides is 1. The van der Waals surface area contributed by atoms with Gasteiger partial charge >= 0.3 is 0 Å². The molecule has 0 spiro atoms. The molecule has 4 rings (SSSR count). The van der Waals surface area contributed by atoms with E-state index in [1.165, 1.54) is 7.11 Å². The normalized spacial score (nSPS) is 26.5. The summed E-state index contributed by atoms with van der Waals surface area (Å²) in [6.45, 7) is 2.68. The molecule has 0 bridgehead atoms. The highest BCUT2D eigenvalue weighted by molar-refractivity contribution is 5.86. The van der Waals surface area contributed by atoms with E-state index in [1.807, 2.05) is 30.0 Å². The number of fused-ring (bicyclic) bond motifs is 1. The van der Waals surface area contributed by atoms with Crippen LogP contribution in [0.4, 0.5) is 0 Å². The molecule has 4 atom stereocenters. The average molecular weight is 383 g/mol. The van der Waals surface area contributed by atoms with Crippen LogP contribution in [0.25, 0.3) is 0 Å². The number of para-hydroxylation sites is 1. The molecule has 2 aromatic carbocycles. The molecule has 2 aliphatic rings. The van der Waals surface area contributed by atoms with Crippen molar-refractivity contribution in [3.05, 3.63) is 53.6 Å². The number of hydrazine groups is 1. The van der Waals surface area contributed by atoms with Crippen molar-refractivity contribution in [2.45, 2.75) is 31.5 Å². The van der Waals surface area contributed by atoms with Gasteiger partial charge in [0.2, 0.25) is 5.91 Å². The molecule has 0 saturated carbocycles. The van der Waals surface area contributed by atoms with Crippen LogP contribution in [0.5, 0.6) is 17.2 Å². The van der Waals surface area contributed by atoms with E-state index >= 15 is 0 Å². The van der Waals surface area contributed by atoms with Crippen molar-refractivity contribution in [2.75, 3.05) is 13.7 Å². The Morgan fingerprint density at radius 2 is 1.82 bits per heavy atom. The first kappa shape index (κ1) is 18.6. The van der Waals surface area contributed by atoms with Crippen LogP contribution < -0.4 is 15.6 Å². The van der Waals surface area contributed by atoms with Gasteiger partial charge in [0.25, 0.3) is 0 Å². The second-order valence-corrected chi connectivity index (χ2v) is 7.29. The standard InChI is InChI=1S/C21H25N3O4/c1-3-10-24-20(12-8-9-15(26)16(11-12)28-2)17-18(22-23-19(17)21(24)27)13-6-4-5-7-14(13)25/h4-9,11,17-20,22-23,25-26H,3,10H2,1-2H3. The van der Waals surface area contributed by atoms with Gasteiger partial charge in [0.05, 0.1) is 19.2 Å². The van der Waals surface area contributed by atoms with Gasteiger partial charge in [0, 0.05) is 18.0 Å². The Morgan fingerprint density at radius 3 is 2.54 bits per heavy atom. The zero-order valence-electron chi connectivity index (χ0n) is 15.9. The lowest BCUT2D eigenvalue weighted by Gasteiger charge is -2.31. The summed E-state index contributed by atoms with van der Waals surface area (Å²) >= 11 is 0. The zero-order chi connectivity index (χ0) is 19.8. The van der Waals surface area contributed by atoms with Crippen molar-refractivity contribution in [3.8, 4) is 17.2 Å². The first-order valence-electron chi connectivity index (χ1n) is 9.53. The van der Waals surface area contributed by atoms with E-state index in [9.17, 15) is 15.0 Å². The molecule has 2 fully saturated rings. The van der Waals surface area contributed by atoms with Gasteiger partial charge in [-0.25, -0.2) is 10.9 Å². The molecule has 2 aromatic rings. The number of rotatable bonds is 5. The fourth-order valence-corrected chi connectivity index (χ4v) is 4.49. The number of nitrogens with one attached hydrogen (secondary N) is 2. The number of carbonyl (C=O) groups excluding carboxylic acids is 1. The number of hydrogen-bond donors (Lipinski definition) is 4. The van der Waals surface area contributed by atoms with Crippen LogP contribution in [0, 0.1) is 5.92 Å². The minimum atomic E-state index is -0.388. The number of carbonyl (C=O) groups is 1. The highest BCUT2D eigenvalue weighted by Crippen LogP contribution is 2.49.